The van der Waals surface area contributed by atoms with E-state index in [4.69, 9.17) is 4.52 Å². The first-order valence-electron chi connectivity index (χ1n) is 7.46. The van der Waals surface area contributed by atoms with Crippen molar-refractivity contribution in [1.29, 1.82) is 0 Å². The summed E-state index contributed by atoms with van der Waals surface area (Å²) in [4.78, 5) is 14.2. The van der Waals surface area contributed by atoms with E-state index in [1.165, 1.54) is 0 Å². The Labute approximate surface area is 124 Å². The molecule has 0 bridgehead atoms. The molecule has 4 nitrogen and oxygen atoms in total. The molecule has 3 rings (SSSR count). The molecule has 1 amide bonds. The highest BCUT2D eigenvalue weighted by Gasteiger charge is 2.34. The Morgan fingerprint density at radius 2 is 2.05 bits per heavy atom. The fourth-order valence-electron chi connectivity index (χ4n) is 2.40. The Kier molecular flexibility index (Phi) is 3.78. The minimum absolute atomic E-state index is 0.0195. The maximum absolute atomic E-state index is 12.3. The average Bonchev–Trinajstić information content (AvgIpc) is 3.23. The lowest BCUT2D eigenvalue weighted by atomic mass is 10.1. The Hall–Kier alpha value is -2.10. The van der Waals surface area contributed by atoms with Crippen molar-refractivity contribution in [3.05, 3.63) is 42.1 Å². The first-order valence-corrected chi connectivity index (χ1v) is 7.46. The van der Waals surface area contributed by atoms with Crippen molar-refractivity contribution in [2.45, 2.75) is 39.3 Å². The summed E-state index contributed by atoms with van der Waals surface area (Å²) >= 11 is 0. The van der Waals surface area contributed by atoms with E-state index in [2.05, 4.69) is 5.16 Å². The summed E-state index contributed by atoms with van der Waals surface area (Å²) in [7, 11) is 0. The van der Waals surface area contributed by atoms with Gasteiger partial charge in [-0.25, -0.2) is 0 Å². The van der Waals surface area contributed by atoms with E-state index in [1.807, 2.05) is 55.1 Å². The number of carbonyl (C=O) groups excluding carboxylic acids is 1. The van der Waals surface area contributed by atoms with E-state index in [-0.39, 0.29) is 11.8 Å². The number of hydrogen-bond acceptors (Lipinski definition) is 3. The predicted octanol–water partition coefficient (Wildman–Crippen LogP) is 3.49. The summed E-state index contributed by atoms with van der Waals surface area (Å²) in [5.41, 5.74) is 1.82. The molecule has 21 heavy (non-hydrogen) atoms. The fraction of sp³-hybridized carbons (Fsp3) is 0.412. The van der Waals surface area contributed by atoms with Crippen LogP contribution < -0.4 is 0 Å². The molecule has 2 aromatic rings. The lowest BCUT2D eigenvalue weighted by Crippen LogP contribution is -2.35. The van der Waals surface area contributed by atoms with E-state index >= 15 is 0 Å². The molecule has 0 saturated heterocycles. The third-order valence-corrected chi connectivity index (χ3v) is 3.71. The van der Waals surface area contributed by atoms with Gasteiger partial charge in [0.15, 0.2) is 5.76 Å². The molecule has 1 aliphatic carbocycles. The average molecular weight is 284 g/mol. The van der Waals surface area contributed by atoms with Gasteiger partial charge in [0.25, 0.3) is 0 Å². The second-order valence-electron chi connectivity index (χ2n) is 5.90. The smallest absolute Gasteiger partial charge is 0.225 e. The zero-order chi connectivity index (χ0) is 14.8. The molecule has 0 spiro atoms. The molecule has 1 aliphatic rings. The summed E-state index contributed by atoms with van der Waals surface area (Å²) in [5.74, 6) is 0.964. The predicted molar refractivity (Wildman–Crippen MR) is 80.3 cm³/mol. The first-order chi connectivity index (χ1) is 10.1. The molecule has 0 radical (unpaired) electrons. The largest absolute Gasteiger partial charge is 0.356 e. The van der Waals surface area contributed by atoms with Crippen molar-refractivity contribution in [2.75, 3.05) is 0 Å². The molecule has 4 heteroatoms. The van der Waals surface area contributed by atoms with Gasteiger partial charge in [-0.1, -0.05) is 49.3 Å². The number of hydrogen-bond donors (Lipinski definition) is 0. The minimum Gasteiger partial charge on any atom is -0.356 e. The maximum Gasteiger partial charge on any atom is 0.225 e. The zero-order valence-corrected chi connectivity index (χ0v) is 12.5. The van der Waals surface area contributed by atoms with Crippen molar-refractivity contribution in [1.82, 2.24) is 10.1 Å². The monoisotopic (exact) mass is 284 g/mol. The van der Waals surface area contributed by atoms with Gasteiger partial charge in [0.1, 0.15) is 5.69 Å². The van der Waals surface area contributed by atoms with Crippen LogP contribution in [0, 0.1) is 5.92 Å². The van der Waals surface area contributed by atoms with Gasteiger partial charge in [-0.3, -0.25) is 4.79 Å². The van der Waals surface area contributed by atoms with Gasteiger partial charge >= 0.3 is 0 Å². The van der Waals surface area contributed by atoms with Crippen LogP contribution >= 0.6 is 0 Å². The summed E-state index contributed by atoms with van der Waals surface area (Å²) in [6.45, 7) is 4.42. The second-order valence-corrected chi connectivity index (χ2v) is 5.90. The Balaban J connectivity index is 1.75. The molecular weight excluding hydrogens is 264 g/mol. The lowest BCUT2D eigenvalue weighted by Gasteiger charge is -2.23. The van der Waals surface area contributed by atoms with Crippen LogP contribution in [-0.2, 0) is 11.3 Å². The Morgan fingerprint density at radius 3 is 2.67 bits per heavy atom. The van der Waals surface area contributed by atoms with Crippen LogP contribution in [0.3, 0.4) is 0 Å². The molecule has 110 valence electrons. The minimum atomic E-state index is 0.0195. The van der Waals surface area contributed by atoms with E-state index in [0.717, 1.165) is 29.9 Å². The number of benzene rings is 1. The molecule has 1 saturated carbocycles. The van der Waals surface area contributed by atoms with Crippen LogP contribution in [0.2, 0.25) is 0 Å². The van der Waals surface area contributed by atoms with E-state index in [9.17, 15) is 4.79 Å². The topological polar surface area (TPSA) is 46.3 Å². The summed E-state index contributed by atoms with van der Waals surface area (Å²) < 4.78 is 5.40. The van der Waals surface area contributed by atoms with Crippen molar-refractivity contribution < 1.29 is 9.32 Å². The van der Waals surface area contributed by atoms with Gasteiger partial charge < -0.3 is 9.42 Å². The van der Waals surface area contributed by atoms with Crippen LogP contribution in [0.15, 0.2) is 40.9 Å². The molecular formula is C17H20N2O2. The summed E-state index contributed by atoms with van der Waals surface area (Å²) in [5, 5.41) is 4.12. The van der Waals surface area contributed by atoms with Crippen LogP contribution in [0.1, 0.15) is 32.4 Å². The van der Waals surface area contributed by atoms with Gasteiger partial charge in [0.05, 0.1) is 6.54 Å². The van der Waals surface area contributed by atoms with E-state index in [0.29, 0.717) is 12.6 Å². The van der Waals surface area contributed by atoms with Crippen molar-refractivity contribution in [2.24, 2.45) is 5.92 Å². The molecule has 1 fully saturated rings. The highest BCUT2D eigenvalue weighted by molar-refractivity contribution is 5.78. The van der Waals surface area contributed by atoms with Crippen LogP contribution in [-0.4, -0.2) is 22.0 Å². The number of rotatable bonds is 5. The number of aromatic nitrogens is 1. The number of amides is 1. The van der Waals surface area contributed by atoms with E-state index < -0.39 is 0 Å². The summed E-state index contributed by atoms with van der Waals surface area (Å²) in [6.07, 6.45) is 2.20. The SMILES string of the molecule is CC(C)C(=O)N(Cc1cc(-c2ccccc2)on1)C1CC1. The zero-order valence-electron chi connectivity index (χ0n) is 12.5. The fourth-order valence-corrected chi connectivity index (χ4v) is 2.40. The van der Waals surface area contributed by atoms with Gasteiger partial charge in [0.2, 0.25) is 5.91 Å². The molecule has 1 aromatic heterocycles. The highest BCUT2D eigenvalue weighted by atomic mass is 16.5. The second kappa shape index (κ2) is 5.72. The van der Waals surface area contributed by atoms with Crippen LogP contribution in [0.5, 0.6) is 0 Å². The third kappa shape index (κ3) is 3.15. The van der Waals surface area contributed by atoms with E-state index in [1.54, 1.807) is 0 Å². The standard InChI is InChI=1S/C17H20N2O2/c1-12(2)17(20)19(15-8-9-15)11-14-10-16(21-18-14)13-6-4-3-5-7-13/h3-7,10,12,15H,8-9,11H2,1-2H3. The van der Waals surface area contributed by atoms with Gasteiger partial charge in [-0.2, -0.15) is 0 Å². The normalized spacial score (nSPS) is 14.4. The third-order valence-electron chi connectivity index (χ3n) is 3.71. The van der Waals surface area contributed by atoms with Crippen LogP contribution in [0.25, 0.3) is 11.3 Å². The Morgan fingerprint density at radius 1 is 1.33 bits per heavy atom. The van der Waals surface area contributed by atoms with Gasteiger partial charge in [-0.15, -0.1) is 0 Å². The molecule has 0 atom stereocenters. The van der Waals surface area contributed by atoms with Crippen LogP contribution in [0.4, 0.5) is 0 Å². The lowest BCUT2D eigenvalue weighted by molar-refractivity contribution is -0.135. The number of nitrogens with zero attached hydrogens (tertiary/aromatic N) is 2. The molecule has 0 aliphatic heterocycles. The molecule has 0 unspecified atom stereocenters. The van der Waals surface area contributed by atoms with Gasteiger partial charge in [-0.05, 0) is 12.8 Å². The van der Waals surface area contributed by atoms with Crippen molar-refractivity contribution in [3.8, 4) is 11.3 Å². The first kappa shape index (κ1) is 13.9. The summed E-state index contributed by atoms with van der Waals surface area (Å²) in [6, 6.07) is 12.2. The molecule has 0 N–H and O–H groups in total. The van der Waals surface area contributed by atoms with Crippen molar-refractivity contribution >= 4 is 5.91 Å². The highest BCUT2D eigenvalue weighted by Crippen LogP contribution is 2.30. The molecule has 1 heterocycles. The van der Waals surface area contributed by atoms with Gasteiger partial charge in [0, 0.05) is 23.6 Å². The number of carbonyl (C=O) groups is 1. The Bertz CT molecular complexity index is 615. The van der Waals surface area contributed by atoms with Crippen molar-refractivity contribution in [3.63, 3.8) is 0 Å². The maximum atomic E-state index is 12.3. The quantitative estimate of drug-likeness (QED) is 0.844. The molecule has 1 aromatic carbocycles.